The molecule has 0 fully saturated rings. The third-order valence-electron chi connectivity index (χ3n) is 2.68. The van der Waals surface area contributed by atoms with E-state index in [1.807, 2.05) is 45.0 Å². The third kappa shape index (κ3) is 4.59. The second-order valence-electron chi connectivity index (χ2n) is 4.30. The van der Waals surface area contributed by atoms with Gasteiger partial charge in [0.05, 0.1) is 0 Å². The minimum absolute atomic E-state index is 0.0606. The Balaban J connectivity index is 2.70. The van der Waals surface area contributed by atoms with Crippen LogP contribution in [0.2, 0.25) is 0 Å². The quantitative estimate of drug-likeness (QED) is 0.525. The van der Waals surface area contributed by atoms with Crippen molar-refractivity contribution in [1.82, 2.24) is 0 Å². The molecule has 3 heteroatoms. The molecule has 1 atom stereocenters. The molecule has 0 saturated heterocycles. The second kappa shape index (κ2) is 8.01. The highest BCUT2D eigenvalue weighted by Gasteiger charge is 2.11. The van der Waals surface area contributed by atoms with Gasteiger partial charge in [-0.25, -0.2) is 0 Å². The zero-order chi connectivity index (χ0) is 13.4. The van der Waals surface area contributed by atoms with E-state index in [-0.39, 0.29) is 12.2 Å². The molecule has 0 amide bonds. The largest absolute Gasteiger partial charge is 0.349 e. The van der Waals surface area contributed by atoms with Gasteiger partial charge in [0.15, 0.2) is 6.29 Å². The fourth-order valence-electron chi connectivity index (χ4n) is 1.77. The maximum absolute atomic E-state index is 10.6. The van der Waals surface area contributed by atoms with Gasteiger partial charge in [-0.3, -0.25) is 0 Å². The molecular formula is C15H22O3. The molecule has 0 aromatic heterocycles. The van der Waals surface area contributed by atoms with E-state index >= 15 is 0 Å². The number of ether oxygens (including phenoxy) is 2. The van der Waals surface area contributed by atoms with E-state index in [9.17, 15) is 4.79 Å². The molecule has 0 aliphatic heterocycles. The first-order chi connectivity index (χ1) is 8.71. The van der Waals surface area contributed by atoms with E-state index in [2.05, 4.69) is 0 Å². The monoisotopic (exact) mass is 250 g/mol. The average Bonchev–Trinajstić information content (AvgIpc) is 2.39. The lowest BCUT2D eigenvalue weighted by Crippen LogP contribution is -2.09. The Labute approximate surface area is 109 Å². The number of benzene rings is 1. The van der Waals surface area contributed by atoms with Gasteiger partial charge in [0.2, 0.25) is 0 Å². The van der Waals surface area contributed by atoms with Crippen LogP contribution in [-0.2, 0) is 20.7 Å². The van der Waals surface area contributed by atoms with Crippen molar-refractivity contribution in [3.8, 4) is 0 Å². The van der Waals surface area contributed by atoms with E-state index in [1.165, 1.54) is 0 Å². The van der Waals surface area contributed by atoms with Crippen molar-refractivity contribution < 1.29 is 14.3 Å². The zero-order valence-electron chi connectivity index (χ0n) is 11.4. The summed E-state index contributed by atoms with van der Waals surface area (Å²) in [5, 5.41) is 0. The molecule has 1 rings (SSSR count). The number of carbonyl (C=O) groups is 1. The fraction of sp³-hybridized carbons (Fsp3) is 0.533. The Morgan fingerprint density at radius 2 is 1.67 bits per heavy atom. The van der Waals surface area contributed by atoms with Crippen molar-refractivity contribution in [1.29, 1.82) is 0 Å². The lowest BCUT2D eigenvalue weighted by molar-refractivity contribution is -0.140. The Morgan fingerprint density at radius 1 is 1.11 bits per heavy atom. The smallest absolute Gasteiger partial charge is 0.183 e. The minimum Gasteiger partial charge on any atom is -0.349 e. The van der Waals surface area contributed by atoms with Crippen LogP contribution in [0.5, 0.6) is 0 Å². The van der Waals surface area contributed by atoms with Crippen LogP contribution in [0.4, 0.5) is 0 Å². The predicted octanol–water partition coefficient (Wildman–Crippen LogP) is 3.14. The van der Waals surface area contributed by atoms with E-state index < -0.39 is 0 Å². The number of rotatable bonds is 8. The van der Waals surface area contributed by atoms with Crippen molar-refractivity contribution >= 4 is 6.29 Å². The van der Waals surface area contributed by atoms with Gasteiger partial charge < -0.3 is 14.3 Å². The Bertz CT molecular complexity index is 339. The zero-order valence-corrected chi connectivity index (χ0v) is 11.4. The molecule has 1 aromatic rings. The first kappa shape index (κ1) is 14.9. The Hall–Kier alpha value is -1.19. The average molecular weight is 250 g/mol. The summed E-state index contributed by atoms with van der Waals surface area (Å²) in [4.78, 5) is 10.6. The number of hydrogen-bond donors (Lipinski definition) is 0. The molecule has 18 heavy (non-hydrogen) atoms. The topological polar surface area (TPSA) is 35.5 Å². The van der Waals surface area contributed by atoms with E-state index in [0.29, 0.717) is 13.2 Å². The standard InChI is InChI=1S/C15H22O3/c1-4-17-15(18-5-2)14-8-6-13(7-9-14)10-12(3)11-16/h6-9,11-12,15H,4-5,10H2,1-3H3. The maximum atomic E-state index is 10.6. The highest BCUT2D eigenvalue weighted by molar-refractivity contribution is 5.53. The van der Waals surface area contributed by atoms with Crippen LogP contribution < -0.4 is 0 Å². The second-order valence-corrected chi connectivity index (χ2v) is 4.30. The molecule has 1 unspecified atom stereocenters. The van der Waals surface area contributed by atoms with Gasteiger partial charge in [-0.1, -0.05) is 31.2 Å². The number of hydrogen-bond acceptors (Lipinski definition) is 3. The van der Waals surface area contributed by atoms with Crippen LogP contribution in [0.3, 0.4) is 0 Å². The first-order valence-electron chi connectivity index (χ1n) is 6.48. The van der Waals surface area contributed by atoms with Crippen molar-refractivity contribution in [2.24, 2.45) is 5.92 Å². The fourth-order valence-corrected chi connectivity index (χ4v) is 1.77. The molecule has 0 N–H and O–H groups in total. The summed E-state index contributed by atoms with van der Waals surface area (Å²) in [7, 11) is 0. The van der Waals surface area contributed by atoms with Crippen molar-refractivity contribution in [3.05, 3.63) is 35.4 Å². The van der Waals surface area contributed by atoms with Gasteiger partial charge in [-0.15, -0.1) is 0 Å². The molecule has 0 bridgehead atoms. The van der Waals surface area contributed by atoms with Crippen molar-refractivity contribution in [2.45, 2.75) is 33.5 Å². The summed E-state index contributed by atoms with van der Waals surface area (Å²) in [6.45, 7) is 7.06. The summed E-state index contributed by atoms with van der Waals surface area (Å²) in [6.07, 6.45) is 1.46. The summed E-state index contributed by atoms with van der Waals surface area (Å²) in [5.41, 5.74) is 2.17. The van der Waals surface area contributed by atoms with Crippen LogP contribution in [-0.4, -0.2) is 19.5 Å². The van der Waals surface area contributed by atoms with Crippen LogP contribution >= 0.6 is 0 Å². The first-order valence-corrected chi connectivity index (χ1v) is 6.48. The van der Waals surface area contributed by atoms with E-state index in [1.54, 1.807) is 0 Å². The molecule has 1 aromatic carbocycles. The maximum Gasteiger partial charge on any atom is 0.183 e. The molecule has 0 aliphatic rings. The molecule has 0 heterocycles. The Morgan fingerprint density at radius 3 is 2.11 bits per heavy atom. The van der Waals surface area contributed by atoms with E-state index in [0.717, 1.165) is 23.8 Å². The van der Waals surface area contributed by atoms with Gasteiger partial charge in [0.25, 0.3) is 0 Å². The molecule has 100 valence electrons. The van der Waals surface area contributed by atoms with Gasteiger partial charge in [-0.2, -0.15) is 0 Å². The van der Waals surface area contributed by atoms with Gasteiger partial charge in [0.1, 0.15) is 6.29 Å². The van der Waals surface area contributed by atoms with Gasteiger partial charge in [-0.05, 0) is 25.8 Å². The van der Waals surface area contributed by atoms with Crippen molar-refractivity contribution in [2.75, 3.05) is 13.2 Å². The van der Waals surface area contributed by atoms with Crippen LogP contribution in [0.25, 0.3) is 0 Å². The molecular weight excluding hydrogens is 228 g/mol. The third-order valence-corrected chi connectivity index (χ3v) is 2.68. The van der Waals surface area contributed by atoms with Gasteiger partial charge in [0, 0.05) is 24.7 Å². The summed E-state index contributed by atoms with van der Waals surface area (Å²) in [6, 6.07) is 8.06. The molecule has 3 nitrogen and oxygen atoms in total. The number of carbonyl (C=O) groups excluding carboxylic acids is 1. The summed E-state index contributed by atoms with van der Waals surface area (Å²) in [5.74, 6) is 0.0606. The molecule has 0 radical (unpaired) electrons. The summed E-state index contributed by atoms with van der Waals surface area (Å²) < 4.78 is 11.1. The van der Waals surface area contributed by atoms with Crippen molar-refractivity contribution in [3.63, 3.8) is 0 Å². The van der Waals surface area contributed by atoms with Crippen LogP contribution in [0.1, 0.15) is 38.2 Å². The highest BCUT2D eigenvalue weighted by Crippen LogP contribution is 2.20. The Kier molecular flexibility index (Phi) is 6.61. The van der Waals surface area contributed by atoms with E-state index in [4.69, 9.17) is 9.47 Å². The highest BCUT2D eigenvalue weighted by atomic mass is 16.7. The number of aldehydes is 1. The lowest BCUT2D eigenvalue weighted by atomic mass is 10.0. The van der Waals surface area contributed by atoms with Crippen LogP contribution in [0, 0.1) is 5.92 Å². The summed E-state index contributed by atoms with van der Waals surface area (Å²) >= 11 is 0. The molecule has 0 spiro atoms. The van der Waals surface area contributed by atoms with Gasteiger partial charge >= 0.3 is 0 Å². The molecule has 0 aliphatic carbocycles. The molecule has 0 saturated carbocycles. The predicted molar refractivity (Wildman–Crippen MR) is 71.4 cm³/mol. The lowest BCUT2D eigenvalue weighted by Gasteiger charge is -2.17. The SMILES string of the molecule is CCOC(OCC)c1ccc(CC(C)C=O)cc1. The minimum atomic E-state index is -0.294. The van der Waals surface area contributed by atoms with Crippen LogP contribution in [0.15, 0.2) is 24.3 Å². The normalized spacial score (nSPS) is 12.7.